The number of likely N-dealkylation sites (N-methyl/N-ethyl adjacent to an activating group) is 1. The molecule has 0 bridgehead atoms. The number of carbonyl (C=O) groups is 2. The fraction of sp³-hybridized carbons (Fsp3) is 0.212. The lowest BCUT2D eigenvalue weighted by Gasteiger charge is -2.34. The molecule has 0 fully saturated rings. The van der Waals surface area contributed by atoms with E-state index in [9.17, 15) is 18.0 Å². The summed E-state index contributed by atoms with van der Waals surface area (Å²) in [6, 6.07) is 26.0. The Kier molecular flexibility index (Phi) is 11.3. The Hall–Kier alpha value is -3.56. The number of anilines is 1. The van der Waals surface area contributed by atoms with E-state index in [1.54, 1.807) is 68.4 Å². The van der Waals surface area contributed by atoms with Gasteiger partial charge in [0.25, 0.3) is 10.0 Å². The van der Waals surface area contributed by atoms with Gasteiger partial charge in [-0.3, -0.25) is 13.9 Å². The van der Waals surface area contributed by atoms with Crippen LogP contribution in [-0.4, -0.2) is 44.3 Å². The Bertz CT molecular complexity index is 1720. The number of amides is 2. The SMILES string of the molecule is CCNC(=O)[C@H](Cc1ccccc1)N(Cc1ccc(Cl)c(Cl)c1)C(=O)CN(c1ccc(Cl)cc1C)S(=O)(=O)c1ccccc1. The van der Waals surface area contributed by atoms with Gasteiger partial charge in [-0.05, 0) is 73.0 Å². The number of nitrogens with zero attached hydrogens (tertiary/aromatic N) is 2. The highest BCUT2D eigenvalue weighted by Crippen LogP contribution is 2.30. The minimum atomic E-state index is -4.21. The Labute approximate surface area is 273 Å². The van der Waals surface area contributed by atoms with Crippen LogP contribution < -0.4 is 9.62 Å². The van der Waals surface area contributed by atoms with E-state index in [1.165, 1.54) is 17.0 Å². The van der Waals surface area contributed by atoms with E-state index < -0.39 is 28.5 Å². The van der Waals surface area contributed by atoms with Gasteiger partial charge in [0.05, 0.1) is 20.6 Å². The molecule has 0 aliphatic heterocycles. The highest BCUT2D eigenvalue weighted by atomic mass is 35.5. The number of hydrogen-bond acceptors (Lipinski definition) is 4. The molecule has 0 radical (unpaired) electrons. The second-order valence-electron chi connectivity index (χ2n) is 10.1. The first-order chi connectivity index (χ1) is 21.0. The van der Waals surface area contributed by atoms with Crippen molar-refractivity contribution in [3.63, 3.8) is 0 Å². The number of halogens is 3. The summed E-state index contributed by atoms with van der Waals surface area (Å²) in [5, 5.41) is 3.90. The molecule has 0 aromatic heterocycles. The first-order valence-corrected chi connectivity index (χ1v) is 16.5. The maximum Gasteiger partial charge on any atom is 0.264 e. The van der Waals surface area contributed by atoms with Gasteiger partial charge in [-0.2, -0.15) is 0 Å². The topological polar surface area (TPSA) is 86.8 Å². The molecule has 0 unspecified atom stereocenters. The molecule has 0 saturated heterocycles. The van der Waals surface area contributed by atoms with Crippen molar-refractivity contribution in [2.75, 3.05) is 17.4 Å². The lowest BCUT2D eigenvalue weighted by atomic mass is 10.0. The van der Waals surface area contributed by atoms with E-state index in [4.69, 9.17) is 34.8 Å². The first-order valence-electron chi connectivity index (χ1n) is 13.9. The van der Waals surface area contributed by atoms with Crippen molar-refractivity contribution in [1.29, 1.82) is 0 Å². The van der Waals surface area contributed by atoms with Crippen molar-refractivity contribution in [3.8, 4) is 0 Å². The average molecular weight is 673 g/mol. The van der Waals surface area contributed by atoms with Gasteiger partial charge < -0.3 is 10.2 Å². The van der Waals surface area contributed by atoms with Crippen molar-refractivity contribution >= 4 is 62.3 Å². The van der Waals surface area contributed by atoms with Crippen LogP contribution in [0.3, 0.4) is 0 Å². The summed E-state index contributed by atoms with van der Waals surface area (Å²) in [6.07, 6.45) is 0.200. The molecule has 0 aliphatic rings. The van der Waals surface area contributed by atoms with Gasteiger partial charge in [-0.25, -0.2) is 8.42 Å². The molecule has 4 rings (SSSR count). The third-order valence-corrected chi connectivity index (χ3v) is 9.74. The van der Waals surface area contributed by atoms with E-state index in [1.807, 2.05) is 30.3 Å². The molecule has 7 nitrogen and oxygen atoms in total. The summed E-state index contributed by atoms with van der Waals surface area (Å²) in [5.74, 6) is -0.956. The molecule has 11 heteroatoms. The number of rotatable bonds is 12. The molecule has 2 amide bonds. The van der Waals surface area contributed by atoms with Crippen LogP contribution in [0.25, 0.3) is 0 Å². The summed E-state index contributed by atoms with van der Waals surface area (Å²) in [7, 11) is -4.21. The van der Waals surface area contributed by atoms with Crippen LogP contribution in [0.15, 0.2) is 102 Å². The predicted molar refractivity (Wildman–Crippen MR) is 177 cm³/mol. The van der Waals surface area contributed by atoms with Crippen molar-refractivity contribution in [2.24, 2.45) is 0 Å². The minimum absolute atomic E-state index is 0.0164. The summed E-state index contributed by atoms with van der Waals surface area (Å²) in [4.78, 5) is 29.4. The predicted octanol–water partition coefficient (Wildman–Crippen LogP) is 6.93. The van der Waals surface area contributed by atoms with E-state index in [0.717, 1.165) is 9.87 Å². The van der Waals surface area contributed by atoms with Crippen LogP contribution >= 0.6 is 34.8 Å². The summed E-state index contributed by atoms with van der Waals surface area (Å²) in [5.41, 5.74) is 2.30. The van der Waals surface area contributed by atoms with Crippen LogP contribution in [-0.2, 0) is 32.6 Å². The van der Waals surface area contributed by atoms with Gasteiger partial charge in [0.2, 0.25) is 11.8 Å². The number of carbonyl (C=O) groups excluding carboxylic acids is 2. The number of sulfonamides is 1. The summed E-state index contributed by atoms with van der Waals surface area (Å²) >= 11 is 18.7. The average Bonchev–Trinajstić information content (AvgIpc) is 3.00. The smallest absolute Gasteiger partial charge is 0.264 e. The molecular weight excluding hydrogens is 641 g/mol. The molecule has 1 N–H and O–H groups in total. The second kappa shape index (κ2) is 14.9. The maximum absolute atomic E-state index is 14.4. The van der Waals surface area contributed by atoms with Gasteiger partial charge in [0.1, 0.15) is 12.6 Å². The molecule has 0 spiro atoms. The van der Waals surface area contributed by atoms with E-state index >= 15 is 0 Å². The molecule has 4 aromatic carbocycles. The second-order valence-corrected chi connectivity index (χ2v) is 13.2. The highest BCUT2D eigenvalue weighted by molar-refractivity contribution is 7.92. The van der Waals surface area contributed by atoms with Crippen LogP contribution in [0.1, 0.15) is 23.6 Å². The Balaban J connectivity index is 1.82. The zero-order valence-corrected chi connectivity index (χ0v) is 27.3. The van der Waals surface area contributed by atoms with Gasteiger partial charge in [-0.1, -0.05) is 89.4 Å². The zero-order valence-electron chi connectivity index (χ0n) is 24.2. The minimum Gasteiger partial charge on any atom is -0.355 e. The maximum atomic E-state index is 14.4. The Morgan fingerprint density at radius 2 is 1.48 bits per heavy atom. The van der Waals surface area contributed by atoms with Gasteiger partial charge >= 0.3 is 0 Å². The van der Waals surface area contributed by atoms with Crippen molar-refractivity contribution in [3.05, 3.63) is 129 Å². The third-order valence-electron chi connectivity index (χ3n) is 7.00. The van der Waals surface area contributed by atoms with Crippen LogP contribution in [0.4, 0.5) is 5.69 Å². The molecule has 44 heavy (non-hydrogen) atoms. The van der Waals surface area contributed by atoms with Crippen molar-refractivity contribution in [1.82, 2.24) is 10.2 Å². The number of benzene rings is 4. The standard InChI is InChI=1S/C33H32Cl3N3O4S/c1-3-37-33(41)31(20-24-10-6-4-7-11-24)38(21-25-14-16-28(35)29(36)19-25)32(40)22-39(30-17-15-26(34)18-23(30)2)44(42,43)27-12-8-5-9-13-27/h4-19,31H,3,20-22H2,1-2H3,(H,37,41)/t31-/m0/s1. The van der Waals surface area contributed by atoms with Crippen molar-refractivity contribution in [2.45, 2.75) is 37.8 Å². The molecule has 4 aromatic rings. The summed E-state index contributed by atoms with van der Waals surface area (Å²) in [6.45, 7) is 3.26. The number of nitrogens with one attached hydrogen (secondary N) is 1. The molecular formula is C33H32Cl3N3O4S. The molecule has 0 heterocycles. The van der Waals surface area contributed by atoms with Gasteiger partial charge in [0, 0.05) is 24.5 Å². The number of hydrogen-bond donors (Lipinski definition) is 1. The van der Waals surface area contributed by atoms with Crippen LogP contribution in [0, 0.1) is 6.92 Å². The lowest BCUT2D eigenvalue weighted by Crippen LogP contribution is -2.53. The van der Waals surface area contributed by atoms with Gasteiger partial charge in [0.15, 0.2) is 0 Å². The Morgan fingerprint density at radius 1 is 0.818 bits per heavy atom. The summed E-state index contributed by atoms with van der Waals surface area (Å²) < 4.78 is 29.2. The fourth-order valence-electron chi connectivity index (χ4n) is 4.81. The van der Waals surface area contributed by atoms with E-state index in [2.05, 4.69) is 5.32 Å². The van der Waals surface area contributed by atoms with Crippen LogP contribution in [0.5, 0.6) is 0 Å². The van der Waals surface area contributed by atoms with E-state index in [0.29, 0.717) is 38.4 Å². The molecule has 1 atom stereocenters. The molecule has 230 valence electrons. The molecule has 0 saturated carbocycles. The Morgan fingerprint density at radius 3 is 2.09 bits per heavy atom. The van der Waals surface area contributed by atoms with Crippen LogP contribution in [0.2, 0.25) is 15.1 Å². The largest absolute Gasteiger partial charge is 0.355 e. The normalized spacial score (nSPS) is 11.9. The fourth-order valence-corrected chi connectivity index (χ4v) is 6.86. The quantitative estimate of drug-likeness (QED) is 0.177. The third kappa shape index (κ3) is 8.12. The first kappa shape index (κ1) is 33.3. The molecule has 0 aliphatic carbocycles. The van der Waals surface area contributed by atoms with Crippen molar-refractivity contribution < 1.29 is 18.0 Å². The zero-order chi connectivity index (χ0) is 31.9. The lowest BCUT2D eigenvalue weighted by molar-refractivity contribution is -0.140. The monoisotopic (exact) mass is 671 g/mol. The number of aryl methyl sites for hydroxylation is 1. The highest BCUT2D eigenvalue weighted by Gasteiger charge is 2.35. The van der Waals surface area contributed by atoms with E-state index in [-0.39, 0.29) is 23.8 Å². The van der Waals surface area contributed by atoms with Gasteiger partial charge in [-0.15, -0.1) is 0 Å².